The first-order chi connectivity index (χ1) is 11.9. The van der Waals surface area contributed by atoms with E-state index in [9.17, 15) is 18.0 Å². The van der Waals surface area contributed by atoms with E-state index in [1.165, 1.54) is 12.3 Å². The normalized spacial score (nSPS) is 11.7. The summed E-state index contributed by atoms with van der Waals surface area (Å²) in [6.07, 6.45) is 1.39. The maximum absolute atomic E-state index is 13.5. The predicted molar refractivity (Wildman–Crippen MR) is 86.0 cm³/mol. The number of benzene rings is 1. The fourth-order valence-electron chi connectivity index (χ4n) is 1.93. The molecular formula is C15H16F3N5O2. The van der Waals surface area contributed by atoms with Crippen LogP contribution in [0.3, 0.4) is 0 Å². The summed E-state index contributed by atoms with van der Waals surface area (Å²) in [4.78, 5) is 19.9. The molecule has 2 aromatic rings. The number of methoxy groups -OCH3 is 1. The summed E-state index contributed by atoms with van der Waals surface area (Å²) in [5, 5.41) is 7.22. The number of ether oxygens (including phenoxy) is 1. The second-order valence-electron chi connectivity index (χ2n) is 5.09. The number of hydrogen-bond donors (Lipinski definition) is 3. The molecule has 1 heterocycles. The van der Waals surface area contributed by atoms with Gasteiger partial charge in [-0.2, -0.15) is 4.98 Å². The summed E-state index contributed by atoms with van der Waals surface area (Å²) in [6.45, 7) is 2.27. The number of amides is 2. The van der Waals surface area contributed by atoms with Crippen molar-refractivity contribution in [2.75, 3.05) is 29.7 Å². The standard InChI is InChI=1S/C15H16F3N5O2/c1-8(7-25-2)20-14-19-4-3-12(21-14)22-15(24)23-13-10(17)5-9(16)6-11(13)18/h3-6,8H,7H2,1-2H3,(H3,19,20,21,22,23,24)/t8-/m0/s1. The van der Waals surface area contributed by atoms with Crippen LogP contribution in [-0.2, 0) is 4.74 Å². The smallest absolute Gasteiger partial charge is 0.325 e. The summed E-state index contributed by atoms with van der Waals surface area (Å²) in [5.74, 6) is -3.21. The molecule has 1 aromatic heterocycles. The van der Waals surface area contributed by atoms with E-state index in [1.807, 2.05) is 12.2 Å². The van der Waals surface area contributed by atoms with Gasteiger partial charge >= 0.3 is 6.03 Å². The van der Waals surface area contributed by atoms with E-state index in [-0.39, 0.29) is 17.8 Å². The molecule has 0 spiro atoms. The van der Waals surface area contributed by atoms with Crippen LogP contribution in [-0.4, -0.2) is 35.8 Å². The van der Waals surface area contributed by atoms with Gasteiger partial charge in [-0.3, -0.25) is 5.32 Å². The number of carbonyl (C=O) groups is 1. The molecule has 3 N–H and O–H groups in total. The van der Waals surface area contributed by atoms with E-state index in [4.69, 9.17) is 4.74 Å². The first-order valence-electron chi connectivity index (χ1n) is 7.20. The van der Waals surface area contributed by atoms with Crippen LogP contribution in [0.4, 0.5) is 35.4 Å². The van der Waals surface area contributed by atoms with E-state index < -0.39 is 29.2 Å². The number of aromatic nitrogens is 2. The number of nitrogens with zero attached hydrogens (tertiary/aromatic N) is 2. The lowest BCUT2D eigenvalue weighted by molar-refractivity contribution is 0.190. The summed E-state index contributed by atoms with van der Waals surface area (Å²) >= 11 is 0. The first kappa shape index (κ1) is 18.5. The SMILES string of the molecule is COC[C@H](C)Nc1nccc(NC(=O)Nc2c(F)cc(F)cc2F)n1. The van der Waals surface area contributed by atoms with Crippen molar-refractivity contribution in [2.24, 2.45) is 0 Å². The van der Waals surface area contributed by atoms with E-state index in [0.717, 1.165) is 0 Å². The Bertz CT molecular complexity index is 737. The number of hydrogen-bond acceptors (Lipinski definition) is 5. The zero-order valence-corrected chi connectivity index (χ0v) is 13.4. The van der Waals surface area contributed by atoms with Gasteiger partial charge < -0.3 is 15.4 Å². The third-order valence-corrected chi connectivity index (χ3v) is 2.93. The van der Waals surface area contributed by atoms with Crippen molar-refractivity contribution in [1.29, 1.82) is 0 Å². The van der Waals surface area contributed by atoms with Gasteiger partial charge in [-0.15, -0.1) is 0 Å². The minimum atomic E-state index is -1.23. The largest absolute Gasteiger partial charge is 0.383 e. The summed E-state index contributed by atoms with van der Waals surface area (Å²) in [5.41, 5.74) is -0.764. The molecule has 0 fully saturated rings. The number of anilines is 3. The molecule has 0 saturated heterocycles. The van der Waals surface area contributed by atoms with Crippen molar-refractivity contribution >= 4 is 23.5 Å². The Kier molecular flexibility index (Phi) is 6.12. The van der Waals surface area contributed by atoms with Crippen LogP contribution >= 0.6 is 0 Å². The van der Waals surface area contributed by atoms with Gasteiger partial charge in [0, 0.05) is 31.5 Å². The van der Waals surface area contributed by atoms with Gasteiger partial charge in [-0.05, 0) is 13.0 Å². The second-order valence-corrected chi connectivity index (χ2v) is 5.09. The third kappa shape index (κ3) is 5.31. The van der Waals surface area contributed by atoms with E-state index >= 15 is 0 Å². The number of nitrogens with one attached hydrogen (secondary N) is 3. The summed E-state index contributed by atoms with van der Waals surface area (Å²) < 4.78 is 44.9. The minimum Gasteiger partial charge on any atom is -0.383 e. The molecule has 134 valence electrons. The molecule has 7 nitrogen and oxygen atoms in total. The lowest BCUT2D eigenvalue weighted by atomic mass is 10.3. The molecule has 1 atom stereocenters. The number of urea groups is 1. The molecule has 2 rings (SSSR count). The van der Waals surface area contributed by atoms with Crippen LogP contribution in [0.5, 0.6) is 0 Å². The Labute approximate surface area is 141 Å². The molecule has 0 aliphatic heterocycles. The van der Waals surface area contributed by atoms with Gasteiger partial charge in [0.1, 0.15) is 17.3 Å². The highest BCUT2D eigenvalue weighted by Crippen LogP contribution is 2.20. The number of rotatable bonds is 6. The van der Waals surface area contributed by atoms with Crippen molar-refractivity contribution in [3.05, 3.63) is 41.8 Å². The molecule has 0 radical (unpaired) electrons. The minimum absolute atomic E-state index is 0.0727. The third-order valence-electron chi connectivity index (χ3n) is 2.93. The van der Waals surface area contributed by atoms with Crippen molar-refractivity contribution in [1.82, 2.24) is 9.97 Å². The Balaban J connectivity index is 2.04. The van der Waals surface area contributed by atoms with Gasteiger partial charge in [0.25, 0.3) is 0 Å². The van der Waals surface area contributed by atoms with E-state index in [2.05, 4.69) is 20.6 Å². The van der Waals surface area contributed by atoms with Crippen molar-refractivity contribution in [3.8, 4) is 0 Å². The lowest BCUT2D eigenvalue weighted by Crippen LogP contribution is -2.24. The van der Waals surface area contributed by atoms with E-state index in [1.54, 1.807) is 7.11 Å². The average molecular weight is 355 g/mol. The van der Waals surface area contributed by atoms with Gasteiger partial charge in [0.15, 0.2) is 11.6 Å². The molecule has 0 saturated carbocycles. The van der Waals surface area contributed by atoms with Crippen molar-refractivity contribution in [2.45, 2.75) is 13.0 Å². The Morgan fingerprint density at radius 2 is 1.92 bits per heavy atom. The van der Waals surface area contributed by atoms with Crippen LogP contribution < -0.4 is 16.0 Å². The number of halogens is 3. The molecule has 0 unspecified atom stereocenters. The van der Waals surface area contributed by atoms with Crippen LogP contribution in [0, 0.1) is 17.5 Å². The van der Waals surface area contributed by atoms with Gasteiger partial charge in [0.05, 0.1) is 6.61 Å². The Morgan fingerprint density at radius 3 is 2.56 bits per heavy atom. The molecule has 10 heteroatoms. The molecule has 0 aliphatic rings. The average Bonchev–Trinajstić information content (AvgIpc) is 2.51. The van der Waals surface area contributed by atoms with Crippen LogP contribution in [0.25, 0.3) is 0 Å². The topological polar surface area (TPSA) is 88.2 Å². The van der Waals surface area contributed by atoms with Crippen molar-refractivity contribution < 1.29 is 22.7 Å². The maximum Gasteiger partial charge on any atom is 0.325 e. The highest BCUT2D eigenvalue weighted by molar-refractivity contribution is 5.99. The molecule has 0 aliphatic carbocycles. The van der Waals surface area contributed by atoms with Gasteiger partial charge in [-0.25, -0.2) is 22.9 Å². The lowest BCUT2D eigenvalue weighted by Gasteiger charge is -2.13. The molecule has 25 heavy (non-hydrogen) atoms. The highest BCUT2D eigenvalue weighted by Gasteiger charge is 2.15. The van der Waals surface area contributed by atoms with Gasteiger partial charge in [-0.1, -0.05) is 0 Å². The fraction of sp³-hybridized carbons (Fsp3) is 0.267. The van der Waals surface area contributed by atoms with Gasteiger partial charge in [0.2, 0.25) is 5.95 Å². The van der Waals surface area contributed by atoms with E-state index in [0.29, 0.717) is 18.7 Å². The monoisotopic (exact) mass is 355 g/mol. The Hall–Kier alpha value is -2.88. The molecule has 2 amide bonds. The zero-order chi connectivity index (χ0) is 18.4. The molecule has 0 bridgehead atoms. The molecule has 1 aromatic carbocycles. The van der Waals surface area contributed by atoms with Crippen LogP contribution in [0.2, 0.25) is 0 Å². The number of carbonyl (C=O) groups excluding carboxylic acids is 1. The zero-order valence-electron chi connectivity index (χ0n) is 13.4. The van der Waals surface area contributed by atoms with Crippen molar-refractivity contribution in [3.63, 3.8) is 0 Å². The Morgan fingerprint density at radius 1 is 1.24 bits per heavy atom. The summed E-state index contributed by atoms with van der Waals surface area (Å²) in [7, 11) is 1.55. The first-order valence-corrected chi connectivity index (χ1v) is 7.20. The quantitative estimate of drug-likeness (QED) is 0.741. The second kappa shape index (κ2) is 8.29. The highest BCUT2D eigenvalue weighted by atomic mass is 19.1. The predicted octanol–water partition coefficient (Wildman–Crippen LogP) is 2.98. The van der Waals surface area contributed by atoms with Crippen LogP contribution in [0.15, 0.2) is 24.4 Å². The van der Waals surface area contributed by atoms with Crippen LogP contribution in [0.1, 0.15) is 6.92 Å². The fourth-order valence-corrected chi connectivity index (χ4v) is 1.93. The summed E-state index contributed by atoms with van der Waals surface area (Å²) in [6, 6.07) is 1.30. The molecular weight excluding hydrogens is 339 g/mol. The maximum atomic E-state index is 13.5.